The van der Waals surface area contributed by atoms with E-state index >= 15 is 0 Å². The molecule has 21 heavy (non-hydrogen) atoms. The number of hydrogen-bond donors (Lipinski definition) is 3. The maximum Gasteiger partial charge on any atom is 0.173 e. The molecule has 1 saturated heterocycles. The van der Waals surface area contributed by atoms with Crippen molar-refractivity contribution in [1.82, 2.24) is 0 Å². The number of phenols is 2. The lowest BCUT2D eigenvalue weighted by atomic mass is 9.63. The molecule has 1 heterocycles. The molecule has 1 aromatic rings. The highest BCUT2D eigenvalue weighted by atomic mass is 16.6. The summed E-state index contributed by atoms with van der Waals surface area (Å²) in [4.78, 5) is 25.2. The van der Waals surface area contributed by atoms with Gasteiger partial charge in [-0.05, 0) is 25.5 Å². The van der Waals surface area contributed by atoms with E-state index in [9.17, 15) is 24.9 Å². The first-order valence-electron chi connectivity index (χ1n) is 6.85. The predicted octanol–water partition coefficient (Wildman–Crippen LogP) is 0.631. The van der Waals surface area contributed by atoms with E-state index in [0.29, 0.717) is 6.42 Å². The van der Waals surface area contributed by atoms with Crippen LogP contribution in [0.2, 0.25) is 0 Å². The van der Waals surface area contributed by atoms with Crippen LogP contribution in [0.3, 0.4) is 0 Å². The first-order valence-corrected chi connectivity index (χ1v) is 6.85. The Morgan fingerprint density at radius 2 is 1.71 bits per heavy atom. The maximum atomic E-state index is 12.6. The van der Waals surface area contributed by atoms with Crippen LogP contribution in [0.5, 0.6) is 11.5 Å². The highest BCUT2D eigenvalue weighted by Gasteiger charge is 2.68. The summed E-state index contributed by atoms with van der Waals surface area (Å²) in [7, 11) is 0. The van der Waals surface area contributed by atoms with E-state index in [1.807, 2.05) is 0 Å². The van der Waals surface area contributed by atoms with E-state index in [4.69, 9.17) is 4.74 Å². The summed E-state index contributed by atoms with van der Waals surface area (Å²) in [6.07, 6.45) is -0.990. The van der Waals surface area contributed by atoms with Gasteiger partial charge in [-0.1, -0.05) is 0 Å². The van der Waals surface area contributed by atoms with Crippen LogP contribution in [0.1, 0.15) is 34.1 Å². The average molecular weight is 290 g/mol. The molecule has 6 nitrogen and oxygen atoms in total. The molecule has 1 aromatic carbocycles. The molecule has 1 saturated carbocycles. The lowest BCUT2D eigenvalue weighted by Gasteiger charge is -2.38. The number of aliphatic hydroxyl groups is 1. The van der Waals surface area contributed by atoms with Crippen molar-refractivity contribution < 1.29 is 29.6 Å². The van der Waals surface area contributed by atoms with Gasteiger partial charge in [0.25, 0.3) is 0 Å². The Labute approximate surface area is 120 Å². The lowest BCUT2D eigenvalue weighted by molar-refractivity contribution is 0.00719. The van der Waals surface area contributed by atoms with Gasteiger partial charge in [0.1, 0.15) is 17.1 Å². The van der Waals surface area contributed by atoms with Crippen LogP contribution in [-0.2, 0) is 4.74 Å². The minimum Gasteiger partial charge on any atom is -0.507 e. The van der Waals surface area contributed by atoms with Crippen LogP contribution in [0, 0.1) is 11.8 Å². The van der Waals surface area contributed by atoms with Crippen LogP contribution in [0.15, 0.2) is 12.1 Å². The van der Waals surface area contributed by atoms with Gasteiger partial charge >= 0.3 is 0 Å². The zero-order valence-electron chi connectivity index (χ0n) is 11.2. The van der Waals surface area contributed by atoms with Crippen LogP contribution in [-0.4, -0.2) is 44.7 Å². The molecule has 5 atom stereocenters. The molecule has 4 rings (SSSR count). The van der Waals surface area contributed by atoms with E-state index in [2.05, 4.69) is 0 Å². The molecular formula is C15H14O6. The van der Waals surface area contributed by atoms with Gasteiger partial charge in [0.2, 0.25) is 0 Å². The van der Waals surface area contributed by atoms with Crippen molar-refractivity contribution >= 4 is 11.6 Å². The molecule has 0 bridgehead atoms. The van der Waals surface area contributed by atoms with Crippen LogP contribution < -0.4 is 0 Å². The molecule has 2 aliphatic carbocycles. The third-order valence-corrected chi connectivity index (χ3v) is 5.10. The number of rotatable bonds is 0. The van der Waals surface area contributed by atoms with Crippen LogP contribution in [0.25, 0.3) is 0 Å². The smallest absolute Gasteiger partial charge is 0.173 e. The molecule has 2 fully saturated rings. The largest absolute Gasteiger partial charge is 0.507 e. The maximum absolute atomic E-state index is 12.6. The van der Waals surface area contributed by atoms with Gasteiger partial charge in [0, 0.05) is 5.92 Å². The molecule has 0 aromatic heterocycles. The second-order valence-corrected chi connectivity index (χ2v) is 6.19. The van der Waals surface area contributed by atoms with E-state index in [1.54, 1.807) is 6.92 Å². The quantitative estimate of drug-likeness (QED) is 0.478. The van der Waals surface area contributed by atoms with Crippen molar-refractivity contribution in [2.24, 2.45) is 11.8 Å². The summed E-state index contributed by atoms with van der Waals surface area (Å²) in [5.41, 5.74) is -1.12. The number of carbonyl (C=O) groups excluding carboxylic acids is 2. The number of benzene rings is 1. The Morgan fingerprint density at radius 1 is 1.14 bits per heavy atom. The van der Waals surface area contributed by atoms with Crippen LogP contribution in [0.4, 0.5) is 0 Å². The highest BCUT2D eigenvalue weighted by molar-refractivity contribution is 6.19. The van der Waals surface area contributed by atoms with Crippen molar-refractivity contribution in [2.45, 2.75) is 31.2 Å². The van der Waals surface area contributed by atoms with Gasteiger partial charge in [-0.15, -0.1) is 0 Å². The number of phenolic OH excluding ortho intramolecular Hbond substituents is 2. The third-order valence-electron chi connectivity index (χ3n) is 5.10. The summed E-state index contributed by atoms with van der Waals surface area (Å²) < 4.78 is 5.45. The topological polar surface area (TPSA) is 107 Å². The zero-order chi connectivity index (χ0) is 15.1. The molecule has 3 aliphatic rings. The number of ketones is 2. The number of epoxide rings is 1. The normalized spacial score (nSPS) is 40.3. The van der Waals surface area contributed by atoms with Crippen molar-refractivity contribution in [3.63, 3.8) is 0 Å². The Hall–Kier alpha value is -1.92. The first kappa shape index (κ1) is 12.8. The molecule has 0 radical (unpaired) electrons. The molecule has 6 heteroatoms. The number of carbonyl (C=O) groups is 2. The third kappa shape index (κ3) is 1.39. The lowest BCUT2D eigenvalue weighted by Crippen LogP contribution is -2.52. The molecule has 3 N–H and O–H groups in total. The van der Waals surface area contributed by atoms with Gasteiger partial charge in [-0.3, -0.25) is 9.59 Å². The van der Waals surface area contributed by atoms with Gasteiger partial charge < -0.3 is 20.1 Å². The average Bonchev–Trinajstić information content (AvgIpc) is 3.11. The zero-order valence-corrected chi connectivity index (χ0v) is 11.2. The number of Topliss-reactive ketones (excluding diaryl/α,β-unsaturated/α-hetero) is 2. The van der Waals surface area contributed by atoms with Crippen molar-refractivity contribution in [3.8, 4) is 11.5 Å². The van der Waals surface area contributed by atoms with Gasteiger partial charge in [0.05, 0.1) is 29.3 Å². The highest BCUT2D eigenvalue weighted by Crippen LogP contribution is 2.55. The molecule has 110 valence electrons. The van der Waals surface area contributed by atoms with E-state index in [-0.39, 0.29) is 28.7 Å². The van der Waals surface area contributed by atoms with E-state index in [0.717, 1.165) is 0 Å². The second-order valence-electron chi connectivity index (χ2n) is 6.19. The number of aliphatic hydroxyl groups excluding tert-OH is 1. The van der Waals surface area contributed by atoms with Crippen molar-refractivity contribution in [1.29, 1.82) is 0 Å². The Bertz CT molecular complexity index is 696. The Balaban J connectivity index is 1.91. The summed E-state index contributed by atoms with van der Waals surface area (Å²) in [6.45, 7) is 1.72. The number of fused-ring (bicyclic) bond motifs is 3. The van der Waals surface area contributed by atoms with E-state index in [1.165, 1.54) is 12.1 Å². The SMILES string of the molecule is CC12OC1CC1C(=O)c3c(O)ccc(O)c3C(=O)C1C2O. The number of ether oxygens (including phenoxy) is 1. The minimum absolute atomic E-state index is 0.141. The second kappa shape index (κ2) is 3.64. The summed E-state index contributed by atoms with van der Waals surface area (Å²) >= 11 is 0. The molecular weight excluding hydrogens is 276 g/mol. The molecule has 0 amide bonds. The van der Waals surface area contributed by atoms with Crippen LogP contribution >= 0.6 is 0 Å². The molecule has 5 unspecified atom stereocenters. The predicted molar refractivity (Wildman–Crippen MR) is 69.3 cm³/mol. The van der Waals surface area contributed by atoms with Crippen molar-refractivity contribution in [3.05, 3.63) is 23.3 Å². The summed E-state index contributed by atoms with van der Waals surface area (Å²) in [5, 5.41) is 30.2. The standard InChI is InChI=1S/C15H14O6/c1-15-8(21-15)4-5-9(14(15)20)13(19)11-7(17)3-2-6(16)10(11)12(5)18/h2-3,5,8-9,14,16-17,20H,4H2,1H3. The summed E-state index contributed by atoms with van der Waals surface area (Å²) in [5.74, 6) is -3.24. The van der Waals surface area contributed by atoms with E-state index < -0.39 is 35.1 Å². The first-order chi connectivity index (χ1) is 9.86. The number of aromatic hydroxyl groups is 2. The fourth-order valence-electron chi connectivity index (χ4n) is 3.80. The molecule has 0 spiro atoms. The summed E-state index contributed by atoms with van der Waals surface area (Å²) in [6, 6.07) is 2.36. The van der Waals surface area contributed by atoms with Crippen molar-refractivity contribution in [2.75, 3.05) is 0 Å². The van der Waals surface area contributed by atoms with Gasteiger partial charge in [0.15, 0.2) is 11.6 Å². The fourth-order valence-corrected chi connectivity index (χ4v) is 3.80. The Morgan fingerprint density at radius 3 is 2.33 bits per heavy atom. The number of hydrogen-bond acceptors (Lipinski definition) is 6. The monoisotopic (exact) mass is 290 g/mol. The Kier molecular flexibility index (Phi) is 2.22. The fraction of sp³-hybridized carbons (Fsp3) is 0.467. The van der Waals surface area contributed by atoms with Gasteiger partial charge in [-0.2, -0.15) is 0 Å². The van der Waals surface area contributed by atoms with Gasteiger partial charge in [-0.25, -0.2) is 0 Å². The minimum atomic E-state index is -1.09. The molecule has 1 aliphatic heterocycles.